The van der Waals surface area contributed by atoms with Gasteiger partial charge in [-0.25, -0.2) is 0 Å². The summed E-state index contributed by atoms with van der Waals surface area (Å²) in [5.74, 6) is 0. The summed E-state index contributed by atoms with van der Waals surface area (Å²) in [6.07, 6.45) is 5.18. The molecule has 0 aromatic rings. The van der Waals surface area contributed by atoms with Crippen molar-refractivity contribution in [3.05, 3.63) is 24.8 Å². The second-order valence-corrected chi connectivity index (χ2v) is 1.54. The third-order valence-corrected chi connectivity index (χ3v) is 0.779. The Balaban J connectivity index is 3.17. The molecule has 0 fully saturated rings. The minimum atomic E-state index is 1.50. The summed E-state index contributed by atoms with van der Waals surface area (Å²) >= 11 is 1.78. The summed E-state index contributed by atoms with van der Waals surface area (Å²) in [4.78, 5) is 0. The fourth-order valence-corrected chi connectivity index (χ4v) is 0.386. The van der Waals surface area contributed by atoms with Crippen LogP contribution < -0.4 is 0 Å². The molecule has 0 saturated carbocycles. The van der Waals surface area contributed by atoms with Crippen LogP contribution in [0.5, 0.6) is 0 Å². The molecule has 0 aromatic carbocycles. The molecule has 0 amide bonds. The van der Waals surface area contributed by atoms with Gasteiger partial charge in [0.1, 0.15) is 0 Å². The fraction of sp³-hybridized carbons (Fsp3) is 0. The molecule has 0 bridgehead atoms. The second-order valence-electron chi connectivity index (χ2n) is 0.695. The van der Waals surface area contributed by atoms with Gasteiger partial charge in [0, 0.05) is 0 Å². The van der Waals surface area contributed by atoms with E-state index in [0.717, 1.165) is 0 Å². The Bertz CT molecular complexity index is 62.0. The summed E-state index contributed by atoms with van der Waals surface area (Å²) in [7, 11) is 0. The van der Waals surface area contributed by atoms with E-state index in [1.54, 1.807) is 24.2 Å². The zero-order valence-electron chi connectivity index (χ0n) is 3.24. The molecule has 0 nitrogen and oxygen atoms in total. The van der Waals surface area contributed by atoms with Gasteiger partial charge in [-0.05, 0) is 0 Å². The van der Waals surface area contributed by atoms with Crippen LogP contribution in [0.15, 0.2) is 18.2 Å². The number of hydrogen-bond acceptors (Lipinski definition) is 0. The van der Waals surface area contributed by atoms with Crippen LogP contribution in [0.1, 0.15) is 0 Å². The van der Waals surface area contributed by atoms with Crippen molar-refractivity contribution in [2.75, 3.05) is 0 Å². The SMILES string of the molecule is [CH-]=CC=C[CH]=[Os]. The van der Waals surface area contributed by atoms with E-state index in [0.29, 0.717) is 0 Å². The van der Waals surface area contributed by atoms with Gasteiger partial charge in [-0.2, -0.15) is 0 Å². The Morgan fingerprint density at radius 3 is 2.17 bits per heavy atom. The fourth-order valence-electron chi connectivity index (χ4n) is 0.103. The Morgan fingerprint density at radius 2 is 2.00 bits per heavy atom. The first-order valence-electron chi connectivity index (χ1n) is 1.54. The molecule has 0 aliphatic carbocycles. The van der Waals surface area contributed by atoms with E-state index in [1.165, 1.54) is 6.08 Å². The monoisotopic (exact) mass is 257 g/mol. The number of hydrogen-bond donors (Lipinski definition) is 0. The first kappa shape index (κ1) is 5.99. The van der Waals surface area contributed by atoms with Gasteiger partial charge in [-0.1, -0.05) is 0 Å². The minimum absolute atomic E-state index is 1.50. The van der Waals surface area contributed by atoms with E-state index < -0.39 is 0 Å². The number of allylic oxidation sites excluding steroid dienone is 3. The second kappa shape index (κ2) is 4.99. The van der Waals surface area contributed by atoms with Crippen LogP contribution in [0.2, 0.25) is 0 Å². The summed E-state index contributed by atoms with van der Waals surface area (Å²) in [6.45, 7) is 4.99. The molecular formula is C5H5Os-. The molecule has 0 unspecified atom stereocenters. The standard InChI is InChI=1S/C5H5.Os/c1-3-5-4-2;/h1-5H;/q-1;. The molecule has 0 N–H and O–H groups in total. The van der Waals surface area contributed by atoms with E-state index in [-0.39, 0.29) is 0 Å². The Hall–Kier alpha value is -0.0136. The van der Waals surface area contributed by atoms with Gasteiger partial charge in [0.25, 0.3) is 0 Å². The molecule has 1 heteroatoms. The van der Waals surface area contributed by atoms with Crippen molar-refractivity contribution < 1.29 is 18.1 Å². The molecule has 0 heterocycles. The van der Waals surface area contributed by atoms with Gasteiger partial charge in [-0.3, -0.25) is 0 Å². The molecule has 34 valence electrons. The molecule has 0 spiro atoms. The topological polar surface area (TPSA) is 0 Å². The summed E-state index contributed by atoms with van der Waals surface area (Å²) in [5.41, 5.74) is 0. The van der Waals surface area contributed by atoms with E-state index in [2.05, 4.69) is 0 Å². The molecule has 6 heavy (non-hydrogen) atoms. The van der Waals surface area contributed by atoms with Crippen LogP contribution in [0.4, 0.5) is 0 Å². The van der Waals surface area contributed by atoms with Crippen LogP contribution >= 0.6 is 0 Å². The van der Waals surface area contributed by atoms with Crippen molar-refractivity contribution in [3.8, 4) is 0 Å². The Morgan fingerprint density at radius 1 is 1.33 bits per heavy atom. The van der Waals surface area contributed by atoms with Gasteiger partial charge >= 0.3 is 47.5 Å². The first-order chi connectivity index (χ1) is 2.91. The average molecular weight is 255 g/mol. The average Bonchev–Trinajstić information content (AvgIpc) is 1.61. The molecule has 0 rings (SSSR count). The van der Waals surface area contributed by atoms with E-state index in [1.807, 2.05) is 10.6 Å². The maximum atomic E-state index is 4.99. The van der Waals surface area contributed by atoms with Crippen molar-refractivity contribution >= 4 is 4.57 Å². The van der Waals surface area contributed by atoms with Gasteiger partial charge in [0.15, 0.2) is 0 Å². The third kappa shape index (κ3) is 3.99. The van der Waals surface area contributed by atoms with E-state index in [4.69, 9.17) is 6.58 Å². The summed E-state index contributed by atoms with van der Waals surface area (Å²) < 4.78 is 1.95. The number of rotatable bonds is 2. The van der Waals surface area contributed by atoms with Crippen molar-refractivity contribution in [2.45, 2.75) is 0 Å². The normalized spacial score (nSPS) is 8.83. The van der Waals surface area contributed by atoms with Gasteiger partial charge < -0.3 is 0 Å². The van der Waals surface area contributed by atoms with Gasteiger partial charge in [0.05, 0.1) is 0 Å². The Kier molecular flexibility index (Phi) is 4.98. The predicted octanol–water partition coefficient (Wildman–Crippen LogP) is 0.881. The molecule has 0 aromatic heterocycles. The first-order valence-corrected chi connectivity index (χ1v) is 3.00. The molecule has 0 aliphatic rings. The van der Waals surface area contributed by atoms with Crippen molar-refractivity contribution in [3.63, 3.8) is 0 Å². The molecule has 0 radical (unpaired) electrons. The molecular weight excluding hydrogens is 250 g/mol. The van der Waals surface area contributed by atoms with E-state index in [9.17, 15) is 0 Å². The third-order valence-electron chi connectivity index (χ3n) is 0.290. The molecule has 0 atom stereocenters. The van der Waals surface area contributed by atoms with Crippen LogP contribution in [-0.2, 0) is 18.1 Å². The predicted molar refractivity (Wildman–Crippen MR) is 24.1 cm³/mol. The molecule has 0 aliphatic heterocycles. The van der Waals surface area contributed by atoms with Crippen LogP contribution in [0, 0.1) is 6.58 Å². The van der Waals surface area contributed by atoms with Crippen LogP contribution in [0.3, 0.4) is 0 Å². The zero-order valence-corrected chi connectivity index (χ0v) is 5.78. The van der Waals surface area contributed by atoms with Crippen LogP contribution in [-0.4, -0.2) is 4.57 Å². The summed E-state index contributed by atoms with van der Waals surface area (Å²) in [5, 5.41) is 0. The van der Waals surface area contributed by atoms with Crippen LogP contribution in [0.25, 0.3) is 0 Å². The van der Waals surface area contributed by atoms with Gasteiger partial charge in [-0.15, -0.1) is 0 Å². The summed E-state index contributed by atoms with van der Waals surface area (Å²) in [6, 6.07) is 0. The zero-order chi connectivity index (χ0) is 4.83. The van der Waals surface area contributed by atoms with Crippen molar-refractivity contribution in [2.24, 2.45) is 0 Å². The van der Waals surface area contributed by atoms with Crippen molar-refractivity contribution in [1.29, 1.82) is 0 Å². The quantitative estimate of drug-likeness (QED) is 0.507. The Labute approximate surface area is 48.0 Å². The maximum absolute atomic E-state index is 4.99. The molecule has 0 saturated heterocycles. The van der Waals surface area contributed by atoms with Gasteiger partial charge in [0.2, 0.25) is 0 Å². The van der Waals surface area contributed by atoms with E-state index >= 15 is 0 Å². The van der Waals surface area contributed by atoms with Crippen molar-refractivity contribution in [1.82, 2.24) is 0 Å².